The van der Waals surface area contributed by atoms with Crippen molar-refractivity contribution >= 4 is 24.8 Å². The van der Waals surface area contributed by atoms with E-state index in [1.807, 2.05) is 0 Å². The Bertz CT molecular complexity index is 102. The fourth-order valence-corrected chi connectivity index (χ4v) is 1.91. The molecule has 0 aliphatic carbocycles. The van der Waals surface area contributed by atoms with Crippen molar-refractivity contribution in [1.29, 1.82) is 0 Å². The van der Waals surface area contributed by atoms with E-state index in [0.29, 0.717) is 0 Å². The van der Waals surface area contributed by atoms with Gasteiger partial charge in [-0.1, -0.05) is 13.8 Å². The highest BCUT2D eigenvalue weighted by molar-refractivity contribution is 5.85. The van der Waals surface area contributed by atoms with Crippen LogP contribution in [0.25, 0.3) is 0 Å². The van der Waals surface area contributed by atoms with Crippen molar-refractivity contribution in [2.75, 3.05) is 26.2 Å². The Morgan fingerprint density at radius 2 is 1.54 bits per heavy atom. The molecule has 1 heterocycles. The van der Waals surface area contributed by atoms with Crippen molar-refractivity contribution < 1.29 is 0 Å². The topological polar surface area (TPSA) is 15.3 Å². The third-order valence-electron chi connectivity index (χ3n) is 2.64. The summed E-state index contributed by atoms with van der Waals surface area (Å²) >= 11 is 0. The normalized spacial score (nSPS) is 17.8. The third-order valence-corrected chi connectivity index (χ3v) is 2.64. The van der Waals surface area contributed by atoms with Gasteiger partial charge in [0.2, 0.25) is 0 Å². The van der Waals surface area contributed by atoms with Crippen molar-refractivity contribution in [3.05, 3.63) is 0 Å². The van der Waals surface area contributed by atoms with E-state index in [0.717, 1.165) is 6.04 Å². The molecule has 1 fully saturated rings. The molecule has 1 rings (SSSR count). The van der Waals surface area contributed by atoms with Gasteiger partial charge in [-0.25, -0.2) is 0 Å². The number of hydrogen-bond donors (Lipinski definition) is 1. The minimum atomic E-state index is 0. The molecule has 0 radical (unpaired) electrons. The predicted octanol–water partition coefficient (Wildman–Crippen LogP) is 1.92. The minimum Gasteiger partial charge on any atom is -0.317 e. The number of rotatable bonds is 3. The average molecular weight is 229 g/mol. The second-order valence-electron chi connectivity index (χ2n) is 3.20. The number of piperidine rings is 1. The average Bonchev–Trinajstić information content (AvgIpc) is 2.09. The summed E-state index contributed by atoms with van der Waals surface area (Å²) in [6.45, 7) is 9.35. The van der Waals surface area contributed by atoms with Crippen LogP contribution in [0.15, 0.2) is 0 Å². The van der Waals surface area contributed by atoms with Gasteiger partial charge < -0.3 is 10.2 Å². The Morgan fingerprint density at radius 3 is 1.92 bits per heavy atom. The fraction of sp³-hybridized carbons (Fsp3) is 1.00. The maximum absolute atomic E-state index is 3.39. The van der Waals surface area contributed by atoms with Gasteiger partial charge in [-0.2, -0.15) is 0 Å². The van der Waals surface area contributed by atoms with E-state index >= 15 is 0 Å². The molecule has 1 saturated heterocycles. The highest BCUT2D eigenvalue weighted by Crippen LogP contribution is 2.10. The van der Waals surface area contributed by atoms with Crippen LogP contribution in [0.3, 0.4) is 0 Å². The summed E-state index contributed by atoms with van der Waals surface area (Å²) in [6.07, 6.45) is 2.67. The third kappa shape index (κ3) is 5.06. The van der Waals surface area contributed by atoms with Crippen LogP contribution in [-0.2, 0) is 0 Å². The van der Waals surface area contributed by atoms with Crippen molar-refractivity contribution in [3.63, 3.8) is 0 Å². The Labute approximate surface area is 94.3 Å². The summed E-state index contributed by atoms with van der Waals surface area (Å²) in [6, 6.07) is 0.853. The van der Waals surface area contributed by atoms with Gasteiger partial charge in [0, 0.05) is 6.04 Å². The molecule has 0 aromatic rings. The lowest BCUT2D eigenvalue weighted by atomic mass is 10.1. The molecule has 0 bridgehead atoms. The SMILES string of the molecule is CCN(CC)C1CCNCC1.Cl.Cl. The van der Waals surface area contributed by atoms with E-state index in [4.69, 9.17) is 0 Å². The summed E-state index contributed by atoms with van der Waals surface area (Å²) in [4.78, 5) is 2.57. The zero-order valence-corrected chi connectivity index (χ0v) is 10.2. The van der Waals surface area contributed by atoms with E-state index in [1.165, 1.54) is 39.0 Å². The van der Waals surface area contributed by atoms with Crippen molar-refractivity contribution in [2.24, 2.45) is 0 Å². The summed E-state index contributed by atoms with van der Waals surface area (Å²) in [5.41, 5.74) is 0. The van der Waals surface area contributed by atoms with Crippen LogP contribution in [0.4, 0.5) is 0 Å². The number of nitrogens with zero attached hydrogens (tertiary/aromatic N) is 1. The molecule has 0 unspecified atom stereocenters. The van der Waals surface area contributed by atoms with Crippen LogP contribution in [0.2, 0.25) is 0 Å². The number of hydrogen-bond acceptors (Lipinski definition) is 2. The van der Waals surface area contributed by atoms with Crippen LogP contribution in [-0.4, -0.2) is 37.1 Å². The second-order valence-corrected chi connectivity index (χ2v) is 3.20. The van der Waals surface area contributed by atoms with Gasteiger partial charge >= 0.3 is 0 Å². The van der Waals surface area contributed by atoms with E-state index < -0.39 is 0 Å². The molecule has 0 aromatic carbocycles. The van der Waals surface area contributed by atoms with Gasteiger partial charge in [-0.05, 0) is 39.0 Å². The summed E-state index contributed by atoms with van der Waals surface area (Å²) in [5.74, 6) is 0. The standard InChI is InChI=1S/C9H20N2.2ClH/c1-3-11(4-2)9-5-7-10-8-6-9;;/h9-10H,3-8H2,1-2H3;2*1H. The van der Waals surface area contributed by atoms with Crippen molar-refractivity contribution in [1.82, 2.24) is 10.2 Å². The Balaban J connectivity index is 0. The number of nitrogens with one attached hydrogen (secondary N) is 1. The first-order chi connectivity index (χ1) is 5.38. The van der Waals surface area contributed by atoms with E-state index in [9.17, 15) is 0 Å². The van der Waals surface area contributed by atoms with Crippen LogP contribution >= 0.6 is 24.8 Å². The molecule has 0 amide bonds. The molecule has 13 heavy (non-hydrogen) atoms. The van der Waals surface area contributed by atoms with E-state index in [1.54, 1.807) is 0 Å². The molecule has 0 aromatic heterocycles. The highest BCUT2D eigenvalue weighted by atomic mass is 35.5. The van der Waals surface area contributed by atoms with Crippen LogP contribution in [0.5, 0.6) is 0 Å². The Morgan fingerprint density at radius 1 is 1.08 bits per heavy atom. The minimum absolute atomic E-state index is 0. The highest BCUT2D eigenvalue weighted by Gasteiger charge is 2.17. The maximum atomic E-state index is 3.39. The Hall–Kier alpha value is 0.500. The molecule has 1 aliphatic rings. The van der Waals surface area contributed by atoms with Crippen molar-refractivity contribution in [2.45, 2.75) is 32.7 Å². The Kier molecular flexibility index (Phi) is 11.1. The van der Waals surface area contributed by atoms with E-state index in [2.05, 4.69) is 24.1 Å². The van der Waals surface area contributed by atoms with Gasteiger partial charge in [0.15, 0.2) is 0 Å². The molecule has 82 valence electrons. The van der Waals surface area contributed by atoms with Crippen LogP contribution < -0.4 is 5.32 Å². The molecule has 0 atom stereocenters. The molecule has 2 nitrogen and oxygen atoms in total. The van der Waals surface area contributed by atoms with Gasteiger partial charge in [0.25, 0.3) is 0 Å². The summed E-state index contributed by atoms with van der Waals surface area (Å²) in [7, 11) is 0. The zero-order chi connectivity index (χ0) is 8.10. The second kappa shape index (κ2) is 9.07. The molecular weight excluding hydrogens is 207 g/mol. The van der Waals surface area contributed by atoms with Gasteiger partial charge in [0.1, 0.15) is 0 Å². The lowest BCUT2D eigenvalue weighted by molar-refractivity contribution is 0.178. The van der Waals surface area contributed by atoms with Crippen molar-refractivity contribution in [3.8, 4) is 0 Å². The number of halogens is 2. The van der Waals surface area contributed by atoms with Crippen LogP contribution in [0.1, 0.15) is 26.7 Å². The maximum Gasteiger partial charge on any atom is 0.0119 e. The lowest BCUT2D eigenvalue weighted by Crippen LogP contribution is -2.42. The van der Waals surface area contributed by atoms with Crippen LogP contribution in [0, 0.1) is 0 Å². The quantitative estimate of drug-likeness (QED) is 0.795. The molecule has 1 aliphatic heterocycles. The first-order valence-electron chi connectivity index (χ1n) is 4.83. The largest absolute Gasteiger partial charge is 0.317 e. The van der Waals surface area contributed by atoms with Gasteiger partial charge in [-0.3, -0.25) is 0 Å². The lowest BCUT2D eigenvalue weighted by Gasteiger charge is -2.32. The molecule has 4 heteroatoms. The van der Waals surface area contributed by atoms with E-state index in [-0.39, 0.29) is 24.8 Å². The molecular formula is C9H22Cl2N2. The predicted molar refractivity (Wildman–Crippen MR) is 63.3 cm³/mol. The smallest absolute Gasteiger partial charge is 0.0119 e. The first-order valence-corrected chi connectivity index (χ1v) is 4.83. The summed E-state index contributed by atoms with van der Waals surface area (Å²) in [5, 5.41) is 3.39. The summed E-state index contributed by atoms with van der Waals surface area (Å²) < 4.78 is 0. The molecule has 0 spiro atoms. The van der Waals surface area contributed by atoms with Gasteiger partial charge in [0.05, 0.1) is 0 Å². The fourth-order valence-electron chi connectivity index (χ4n) is 1.91. The molecule has 0 saturated carbocycles. The zero-order valence-electron chi connectivity index (χ0n) is 8.58. The first kappa shape index (κ1) is 15.9. The molecule has 1 N–H and O–H groups in total. The monoisotopic (exact) mass is 228 g/mol. The van der Waals surface area contributed by atoms with Gasteiger partial charge in [-0.15, -0.1) is 24.8 Å².